The number of halogens is 2. The van der Waals surface area contributed by atoms with Gasteiger partial charge in [-0.25, -0.2) is 4.39 Å². The SMILES string of the molecule is CC(NC(=O)c1cn[nH]c1-c1ccc(Cl)cc1)c1ccccc1F. The van der Waals surface area contributed by atoms with Crippen molar-refractivity contribution in [3.63, 3.8) is 0 Å². The second-order valence-corrected chi connectivity index (χ2v) is 5.82. The van der Waals surface area contributed by atoms with Crippen LogP contribution < -0.4 is 5.32 Å². The van der Waals surface area contributed by atoms with Gasteiger partial charge in [-0.15, -0.1) is 0 Å². The lowest BCUT2D eigenvalue weighted by Crippen LogP contribution is -2.27. The van der Waals surface area contributed by atoms with Crippen molar-refractivity contribution >= 4 is 17.5 Å². The van der Waals surface area contributed by atoms with Gasteiger partial charge in [0.05, 0.1) is 23.5 Å². The lowest BCUT2D eigenvalue weighted by molar-refractivity contribution is 0.0940. The molecule has 0 radical (unpaired) electrons. The first kappa shape index (κ1) is 16.2. The van der Waals surface area contributed by atoms with E-state index in [0.717, 1.165) is 5.56 Å². The highest BCUT2D eigenvalue weighted by Gasteiger charge is 2.19. The van der Waals surface area contributed by atoms with E-state index in [9.17, 15) is 9.18 Å². The zero-order chi connectivity index (χ0) is 17.1. The van der Waals surface area contributed by atoms with E-state index in [1.807, 2.05) is 0 Å². The van der Waals surface area contributed by atoms with Crippen molar-refractivity contribution in [2.45, 2.75) is 13.0 Å². The molecule has 0 bridgehead atoms. The monoisotopic (exact) mass is 343 g/mol. The van der Waals surface area contributed by atoms with E-state index < -0.39 is 6.04 Å². The molecule has 0 aliphatic heterocycles. The summed E-state index contributed by atoms with van der Waals surface area (Å²) in [7, 11) is 0. The number of H-pyrrole nitrogens is 1. The molecule has 6 heteroatoms. The standard InChI is InChI=1S/C18H15ClFN3O/c1-11(14-4-2-3-5-16(14)20)22-18(24)15-10-21-23-17(15)12-6-8-13(19)9-7-12/h2-11H,1H3,(H,21,23)(H,22,24). The molecule has 3 aromatic rings. The minimum atomic E-state index is -0.466. The predicted molar refractivity (Wildman–Crippen MR) is 91.3 cm³/mol. The fourth-order valence-corrected chi connectivity index (χ4v) is 2.60. The van der Waals surface area contributed by atoms with Gasteiger partial charge in [0.25, 0.3) is 5.91 Å². The van der Waals surface area contributed by atoms with Gasteiger partial charge in [-0.1, -0.05) is 41.9 Å². The normalized spacial score (nSPS) is 12.0. The number of carbonyl (C=O) groups is 1. The molecule has 1 amide bonds. The Morgan fingerprint density at radius 2 is 1.92 bits per heavy atom. The maximum atomic E-state index is 13.8. The number of aromatic nitrogens is 2. The van der Waals surface area contributed by atoms with Crippen LogP contribution in [-0.2, 0) is 0 Å². The van der Waals surface area contributed by atoms with E-state index in [2.05, 4.69) is 15.5 Å². The minimum absolute atomic E-state index is 0.329. The summed E-state index contributed by atoms with van der Waals surface area (Å²) in [6.07, 6.45) is 1.45. The second-order valence-electron chi connectivity index (χ2n) is 5.38. The van der Waals surface area contributed by atoms with Crippen LogP contribution >= 0.6 is 11.6 Å². The van der Waals surface area contributed by atoms with Gasteiger partial charge in [0, 0.05) is 16.1 Å². The van der Waals surface area contributed by atoms with E-state index in [1.165, 1.54) is 12.3 Å². The Hall–Kier alpha value is -2.66. The van der Waals surface area contributed by atoms with Crippen LogP contribution in [0.1, 0.15) is 28.9 Å². The number of nitrogens with zero attached hydrogens (tertiary/aromatic N) is 1. The highest BCUT2D eigenvalue weighted by atomic mass is 35.5. The molecule has 122 valence electrons. The third-order valence-electron chi connectivity index (χ3n) is 3.74. The summed E-state index contributed by atoms with van der Waals surface area (Å²) in [5.74, 6) is -0.681. The molecular formula is C18H15ClFN3O. The van der Waals surface area contributed by atoms with E-state index in [-0.39, 0.29) is 11.7 Å². The highest BCUT2D eigenvalue weighted by molar-refractivity contribution is 6.30. The van der Waals surface area contributed by atoms with Crippen molar-refractivity contribution in [1.82, 2.24) is 15.5 Å². The zero-order valence-corrected chi connectivity index (χ0v) is 13.6. The fraction of sp³-hybridized carbons (Fsp3) is 0.111. The lowest BCUT2D eigenvalue weighted by atomic mass is 10.1. The molecule has 0 aliphatic carbocycles. The molecule has 3 rings (SSSR count). The summed E-state index contributed by atoms with van der Waals surface area (Å²) >= 11 is 5.89. The fourth-order valence-electron chi connectivity index (χ4n) is 2.47. The Bertz CT molecular complexity index is 861. The van der Waals surface area contributed by atoms with Gasteiger partial charge in [-0.3, -0.25) is 9.89 Å². The molecule has 4 nitrogen and oxygen atoms in total. The van der Waals surface area contributed by atoms with Gasteiger partial charge in [-0.2, -0.15) is 5.10 Å². The van der Waals surface area contributed by atoms with Crippen molar-refractivity contribution in [2.75, 3.05) is 0 Å². The maximum absolute atomic E-state index is 13.8. The third-order valence-corrected chi connectivity index (χ3v) is 3.99. The Morgan fingerprint density at radius 3 is 2.62 bits per heavy atom. The van der Waals surface area contributed by atoms with Crippen LogP contribution in [0.2, 0.25) is 5.02 Å². The molecule has 1 unspecified atom stereocenters. The number of nitrogens with one attached hydrogen (secondary N) is 2. The topological polar surface area (TPSA) is 57.8 Å². The van der Waals surface area contributed by atoms with Gasteiger partial charge < -0.3 is 5.32 Å². The maximum Gasteiger partial charge on any atom is 0.255 e. The zero-order valence-electron chi connectivity index (χ0n) is 12.9. The first-order chi connectivity index (χ1) is 11.6. The first-order valence-electron chi connectivity index (χ1n) is 7.41. The molecule has 1 atom stereocenters. The second kappa shape index (κ2) is 6.84. The molecule has 1 heterocycles. The van der Waals surface area contributed by atoms with Crippen molar-refractivity contribution in [1.29, 1.82) is 0 Å². The number of amides is 1. The van der Waals surface area contributed by atoms with Crippen LogP contribution in [0, 0.1) is 5.82 Å². The predicted octanol–water partition coefficient (Wildman–Crippen LogP) is 4.36. The molecule has 0 spiro atoms. The Kier molecular flexibility index (Phi) is 4.62. The number of hydrogen-bond acceptors (Lipinski definition) is 2. The van der Waals surface area contributed by atoms with Crippen molar-refractivity contribution in [3.05, 3.63) is 76.7 Å². The van der Waals surface area contributed by atoms with Gasteiger partial charge in [0.1, 0.15) is 5.82 Å². The summed E-state index contributed by atoms with van der Waals surface area (Å²) in [6.45, 7) is 1.73. The van der Waals surface area contributed by atoms with Gasteiger partial charge in [0.2, 0.25) is 0 Å². The summed E-state index contributed by atoms with van der Waals surface area (Å²) in [4.78, 5) is 12.5. The quantitative estimate of drug-likeness (QED) is 0.739. The average molecular weight is 344 g/mol. The van der Waals surface area contributed by atoms with Crippen LogP contribution in [-0.4, -0.2) is 16.1 Å². The van der Waals surface area contributed by atoms with Crippen LogP contribution in [0.4, 0.5) is 4.39 Å². The van der Waals surface area contributed by atoms with Gasteiger partial charge in [0.15, 0.2) is 0 Å². The largest absolute Gasteiger partial charge is 0.345 e. The molecule has 2 N–H and O–H groups in total. The van der Waals surface area contributed by atoms with Gasteiger partial charge >= 0.3 is 0 Å². The Labute approximate surface area is 143 Å². The molecule has 1 aromatic heterocycles. The molecule has 24 heavy (non-hydrogen) atoms. The summed E-state index contributed by atoms with van der Waals surface area (Å²) in [6, 6.07) is 13.0. The molecule has 0 aliphatic rings. The Balaban J connectivity index is 1.83. The van der Waals surface area contributed by atoms with Gasteiger partial charge in [-0.05, 0) is 25.1 Å². The number of hydrogen-bond donors (Lipinski definition) is 2. The molecule has 0 saturated carbocycles. The van der Waals surface area contributed by atoms with Crippen LogP contribution in [0.5, 0.6) is 0 Å². The number of benzene rings is 2. The third kappa shape index (κ3) is 3.31. The summed E-state index contributed by atoms with van der Waals surface area (Å²) < 4.78 is 13.8. The average Bonchev–Trinajstić information content (AvgIpc) is 3.05. The number of aromatic amines is 1. The molecule has 2 aromatic carbocycles. The van der Waals surface area contributed by atoms with Crippen LogP contribution in [0.3, 0.4) is 0 Å². The molecular weight excluding hydrogens is 329 g/mol. The van der Waals surface area contributed by atoms with Crippen molar-refractivity contribution in [2.24, 2.45) is 0 Å². The van der Waals surface area contributed by atoms with E-state index in [1.54, 1.807) is 49.4 Å². The molecule has 0 saturated heterocycles. The smallest absolute Gasteiger partial charge is 0.255 e. The number of rotatable bonds is 4. The highest BCUT2D eigenvalue weighted by Crippen LogP contribution is 2.24. The number of carbonyl (C=O) groups excluding carboxylic acids is 1. The summed E-state index contributed by atoms with van der Waals surface area (Å²) in [5, 5.41) is 10.2. The van der Waals surface area contributed by atoms with E-state index in [4.69, 9.17) is 11.6 Å². The van der Waals surface area contributed by atoms with Crippen molar-refractivity contribution in [3.8, 4) is 11.3 Å². The van der Waals surface area contributed by atoms with Crippen molar-refractivity contribution < 1.29 is 9.18 Å². The van der Waals surface area contributed by atoms with E-state index in [0.29, 0.717) is 21.8 Å². The van der Waals surface area contributed by atoms with Crippen LogP contribution in [0.25, 0.3) is 11.3 Å². The minimum Gasteiger partial charge on any atom is -0.345 e. The first-order valence-corrected chi connectivity index (χ1v) is 7.78. The lowest BCUT2D eigenvalue weighted by Gasteiger charge is -2.15. The summed E-state index contributed by atoms with van der Waals surface area (Å²) in [5.41, 5.74) is 2.20. The Morgan fingerprint density at radius 1 is 1.21 bits per heavy atom. The molecule has 0 fully saturated rings. The van der Waals surface area contributed by atoms with Crippen LogP contribution in [0.15, 0.2) is 54.7 Å². The van der Waals surface area contributed by atoms with E-state index >= 15 is 0 Å².